The molecule has 0 bridgehead atoms. The molecule has 56 heavy (non-hydrogen) atoms. The molecule has 0 aliphatic carbocycles. The third-order valence-corrected chi connectivity index (χ3v) is 10.7. The number of carboxylic acid groups (broad SMARTS) is 1. The van der Waals surface area contributed by atoms with Crippen LogP contribution in [-0.2, 0) is 19.1 Å². The van der Waals surface area contributed by atoms with E-state index in [0.717, 1.165) is 89.9 Å². The lowest BCUT2D eigenvalue weighted by molar-refractivity contribution is -0.150. The van der Waals surface area contributed by atoms with Crippen LogP contribution >= 0.6 is 0 Å². The number of aliphatic carboxylic acids is 1. The highest BCUT2D eigenvalue weighted by atomic mass is 16.5. The molecule has 0 saturated heterocycles. The summed E-state index contributed by atoms with van der Waals surface area (Å²) in [4.78, 5) is 36.5. The highest BCUT2D eigenvalue weighted by molar-refractivity contribution is 5.83. The predicted octanol–water partition coefficient (Wildman–Crippen LogP) is 13.8. The van der Waals surface area contributed by atoms with Crippen LogP contribution in [0.4, 0.5) is 0 Å². The molecule has 1 amide bonds. The van der Waals surface area contributed by atoms with Crippen molar-refractivity contribution in [2.75, 3.05) is 6.54 Å². The maximum Gasteiger partial charge on any atom is 0.326 e. The zero-order chi connectivity index (χ0) is 41.0. The van der Waals surface area contributed by atoms with Gasteiger partial charge in [-0.2, -0.15) is 0 Å². The van der Waals surface area contributed by atoms with Crippen LogP contribution in [0.25, 0.3) is 0 Å². The number of ether oxygens (including phenoxy) is 1. The minimum absolute atomic E-state index is 0.00904. The van der Waals surface area contributed by atoms with E-state index in [1.807, 2.05) is 0 Å². The van der Waals surface area contributed by atoms with Gasteiger partial charge in [0.2, 0.25) is 5.91 Å². The number of amides is 1. The molecule has 7 nitrogen and oxygen atoms in total. The second-order valence-electron chi connectivity index (χ2n) is 16.2. The van der Waals surface area contributed by atoms with Gasteiger partial charge in [0.25, 0.3) is 0 Å². The van der Waals surface area contributed by atoms with Gasteiger partial charge in [-0.15, -0.1) is 0 Å². The molecule has 326 valence electrons. The number of hydrogen-bond acceptors (Lipinski definition) is 5. The van der Waals surface area contributed by atoms with Crippen LogP contribution in [0.5, 0.6) is 0 Å². The Morgan fingerprint density at radius 2 is 0.929 bits per heavy atom. The summed E-state index contributed by atoms with van der Waals surface area (Å²) in [5, 5.41) is 12.0. The predicted molar refractivity (Wildman–Crippen MR) is 239 cm³/mol. The normalized spacial score (nSPS) is 12.9. The molecule has 0 saturated carbocycles. The molecule has 2 unspecified atom stereocenters. The SMILES string of the molecule is CCCCC/C=C\C/C=C\CCCCCCCC(=O)OC(CCCCC/C=C\CCCCCCCCCC)CCCCCCCC(=O)NC(CCCN)C(=O)O. The van der Waals surface area contributed by atoms with E-state index in [0.29, 0.717) is 32.2 Å². The lowest BCUT2D eigenvalue weighted by Gasteiger charge is -2.18. The molecule has 0 fully saturated rings. The number of nitrogens with two attached hydrogens (primary N) is 1. The molecule has 2 atom stereocenters. The Morgan fingerprint density at radius 3 is 1.45 bits per heavy atom. The highest BCUT2D eigenvalue weighted by Crippen LogP contribution is 2.19. The maximum atomic E-state index is 12.8. The number of rotatable bonds is 43. The van der Waals surface area contributed by atoms with Crippen molar-refractivity contribution in [3.05, 3.63) is 36.5 Å². The van der Waals surface area contributed by atoms with Gasteiger partial charge in [-0.1, -0.05) is 153 Å². The number of carbonyl (C=O) groups is 3. The Bertz CT molecular complexity index is 978. The van der Waals surface area contributed by atoms with E-state index in [1.54, 1.807) is 0 Å². The fourth-order valence-corrected chi connectivity index (χ4v) is 7.06. The van der Waals surface area contributed by atoms with Crippen LogP contribution < -0.4 is 11.1 Å². The van der Waals surface area contributed by atoms with Gasteiger partial charge in [-0.25, -0.2) is 4.79 Å². The second kappa shape index (κ2) is 43.7. The summed E-state index contributed by atoms with van der Waals surface area (Å²) in [5.74, 6) is -1.25. The number of esters is 1. The van der Waals surface area contributed by atoms with Crippen molar-refractivity contribution < 1.29 is 24.2 Å². The molecule has 0 rings (SSSR count). The summed E-state index contributed by atoms with van der Waals surface area (Å²) in [6.07, 6.45) is 51.9. The molecule has 0 aliphatic rings. The van der Waals surface area contributed by atoms with Gasteiger partial charge < -0.3 is 20.9 Å². The smallest absolute Gasteiger partial charge is 0.326 e. The summed E-state index contributed by atoms with van der Waals surface area (Å²) in [6.45, 7) is 4.93. The number of hydrogen-bond donors (Lipinski definition) is 3. The average Bonchev–Trinajstić information content (AvgIpc) is 3.18. The molecule has 0 radical (unpaired) electrons. The number of allylic oxidation sites excluding steroid dienone is 6. The molecule has 0 aromatic heterocycles. The number of unbranched alkanes of at least 4 members (excludes halogenated alkanes) is 23. The average molecular weight is 787 g/mol. The molecule has 4 N–H and O–H groups in total. The summed E-state index contributed by atoms with van der Waals surface area (Å²) in [7, 11) is 0. The lowest BCUT2D eigenvalue weighted by Crippen LogP contribution is -2.40. The Balaban J connectivity index is 4.38. The van der Waals surface area contributed by atoms with E-state index in [9.17, 15) is 19.5 Å². The number of carboxylic acids is 1. The van der Waals surface area contributed by atoms with Crippen molar-refractivity contribution in [1.82, 2.24) is 5.32 Å². The quantitative estimate of drug-likeness (QED) is 0.0322. The van der Waals surface area contributed by atoms with Crippen LogP contribution in [0.3, 0.4) is 0 Å². The van der Waals surface area contributed by atoms with Crippen LogP contribution in [0.1, 0.15) is 239 Å². The summed E-state index contributed by atoms with van der Waals surface area (Å²) in [6, 6.07) is -0.859. The van der Waals surface area contributed by atoms with Crippen molar-refractivity contribution >= 4 is 17.8 Å². The topological polar surface area (TPSA) is 119 Å². The van der Waals surface area contributed by atoms with E-state index in [-0.39, 0.29) is 18.0 Å². The van der Waals surface area contributed by atoms with Crippen LogP contribution in [-0.4, -0.2) is 41.6 Å². The van der Waals surface area contributed by atoms with Gasteiger partial charge >= 0.3 is 11.9 Å². The first-order valence-electron chi connectivity index (χ1n) is 23.8. The molecular formula is C49H90N2O5. The first-order valence-corrected chi connectivity index (χ1v) is 23.8. The molecule has 0 aromatic carbocycles. The fraction of sp³-hybridized carbons (Fsp3) is 0.816. The Kier molecular flexibility index (Phi) is 41.8. The molecule has 0 aromatic rings. The first-order chi connectivity index (χ1) is 27.4. The monoisotopic (exact) mass is 787 g/mol. The van der Waals surface area contributed by atoms with Crippen molar-refractivity contribution in [3.63, 3.8) is 0 Å². The van der Waals surface area contributed by atoms with Gasteiger partial charge in [0.1, 0.15) is 12.1 Å². The van der Waals surface area contributed by atoms with Gasteiger partial charge in [0.05, 0.1) is 0 Å². The minimum Gasteiger partial charge on any atom is -0.480 e. The molecule has 0 heterocycles. The summed E-state index contributed by atoms with van der Waals surface area (Å²) in [5.41, 5.74) is 5.49. The minimum atomic E-state index is -1.01. The Labute approximate surface area is 345 Å². The van der Waals surface area contributed by atoms with E-state index in [1.165, 1.54) is 109 Å². The second-order valence-corrected chi connectivity index (χ2v) is 16.2. The van der Waals surface area contributed by atoms with Gasteiger partial charge in [-0.05, 0) is 116 Å². The molecule has 7 heteroatoms. The van der Waals surface area contributed by atoms with E-state index in [2.05, 4.69) is 55.6 Å². The third-order valence-electron chi connectivity index (χ3n) is 10.7. The molecular weight excluding hydrogens is 697 g/mol. The van der Waals surface area contributed by atoms with Crippen molar-refractivity contribution in [1.29, 1.82) is 0 Å². The molecule has 0 spiro atoms. The maximum absolute atomic E-state index is 12.8. The largest absolute Gasteiger partial charge is 0.480 e. The van der Waals surface area contributed by atoms with Crippen molar-refractivity contribution in [2.24, 2.45) is 5.73 Å². The number of nitrogens with one attached hydrogen (secondary N) is 1. The van der Waals surface area contributed by atoms with Crippen LogP contribution in [0.2, 0.25) is 0 Å². The highest BCUT2D eigenvalue weighted by Gasteiger charge is 2.19. The zero-order valence-corrected chi connectivity index (χ0v) is 36.7. The fourth-order valence-electron chi connectivity index (χ4n) is 7.06. The van der Waals surface area contributed by atoms with E-state index in [4.69, 9.17) is 10.5 Å². The standard InChI is InChI=1S/C49H90N2O5/c1-3-5-7-9-11-13-15-17-19-21-23-25-27-30-34-39-45(40-35-31-29-32-36-42-47(52)51-46(49(54)55)41-38-44-50)56-48(53)43-37-33-28-26-24-22-20-18-16-14-12-10-8-6-4-2/h12,14,18,20-21,23,45-46H,3-11,13,15-17,19,22,24-44,50H2,1-2H3,(H,51,52)(H,54,55)/b14-12-,20-18-,23-21-. The third kappa shape index (κ3) is 39.8. The van der Waals surface area contributed by atoms with Gasteiger partial charge in [0, 0.05) is 12.8 Å². The number of carbonyl (C=O) groups excluding carboxylic acids is 2. The first kappa shape index (κ1) is 53.6. The Morgan fingerprint density at radius 1 is 0.518 bits per heavy atom. The summed E-state index contributed by atoms with van der Waals surface area (Å²) >= 11 is 0. The van der Waals surface area contributed by atoms with Crippen LogP contribution in [0.15, 0.2) is 36.5 Å². The van der Waals surface area contributed by atoms with Gasteiger partial charge in [0.15, 0.2) is 0 Å². The molecule has 0 aliphatic heterocycles. The van der Waals surface area contributed by atoms with Crippen LogP contribution in [0, 0.1) is 0 Å². The van der Waals surface area contributed by atoms with Gasteiger partial charge in [-0.3, -0.25) is 9.59 Å². The zero-order valence-electron chi connectivity index (χ0n) is 36.7. The Hall–Kier alpha value is -2.41. The van der Waals surface area contributed by atoms with Crippen molar-refractivity contribution in [2.45, 2.75) is 251 Å². The summed E-state index contributed by atoms with van der Waals surface area (Å²) < 4.78 is 6.06. The van der Waals surface area contributed by atoms with E-state index >= 15 is 0 Å². The lowest BCUT2D eigenvalue weighted by atomic mass is 10.0. The van der Waals surface area contributed by atoms with Crippen molar-refractivity contribution in [3.8, 4) is 0 Å². The van der Waals surface area contributed by atoms with E-state index < -0.39 is 12.0 Å².